The first-order valence-corrected chi connectivity index (χ1v) is 17.9. The Morgan fingerprint density at radius 1 is 0.769 bits per heavy atom. The summed E-state index contributed by atoms with van der Waals surface area (Å²) in [6.45, 7) is 13.2. The van der Waals surface area contributed by atoms with Gasteiger partial charge in [0.1, 0.15) is 47.2 Å². The van der Waals surface area contributed by atoms with Gasteiger partial charge < -0.3 is 41.7 Å². The molecule has 2 fully saturated rings. The lowest BCUT2D eigenvalue weighted by Crippen LogP contribution is -2.40. The van der Waals surface area contributed by atoms with E-state index in [0.717, 1.165) is 41.2 Å². The maximum absolute atomic E-state index is 11.8. The molecule has 2 aromatic carbocycles. The van der Waals surface area contributed by atoms with Crippen molar-refractivity contribution < 1.29 is 41.7 Å². The molecule has 52 heavy (non-hydrogen) atoms. The molecule has 1 spiro atoms. The predicted molar refractivity (Wildman–Crippen MR) is 196 cm³/mol. The zero-order chi connectivity index (χ0) is 36.3. The van der Waals surface area contributed by atoms with E-state index >= 15 is 0 Å². The molecule has 0 bridgehead atoms. The highest BCUT2D eigenvalue weighted by Gasteiger charge is 2.55. The number of epoxide rings is 1. The van der Waals surface area contributed by atoms with E-state index in [4.69, 9.17) is 41.7 Å². The molecular formula is C42H44O10. The molecule has 0 radical (unpaired) electrons. The summed E-state index contributed by atoms with van der Waals surface area (Å²) in [5.41, 5.74) is 3.80. The van der Waals surface area contributed by atoms with Crippen molar-refractivity contribution in [3.05, 3.63) is 100 Å². The molecule has 2 saturated heterocycles. The van der Waals surface area contributed by atoms with Crippen LogP contribution < -0.4 is 15.1 Å². The van der Waals surface area contributed by atoms with Crippen LogP contribution in [0.2, 0.25) is 0 Å². The molecule has 3 aliphatic rings. The summed E-state index contributed by atoms with van der Waals surface area (Å²) in [6.07, 6.45) is 12.6. The van der Waals surface area contributed by atoms with Crippen LogP contribution in [0.25, 0.3) is 38.7 Å². The number of rotatable bonds is 12. The van der Waals surface area contributed by atoms with Crippen LogP contribution in [0.1, 0.15) is 72.8 Å². The highest BCUT2D eigenvalue weighted by atomic mass is 16.9. The number of fused-ring (bicyclic) bond motifs is 4. The molecule has 3 aliphatic heterocycles. The number of allylic oxidation sites excluding steroid dienone is 2. The van der Waals surface area contributed by atoms with Crippen molar-refractivity contribution in [1.82, 2.24) is 0 Å². The quantitative estimate of drug-likeness (QED) is 0.0705. The first-order chi connectivity index (χ1) is 24.9. The molecule has 10 nitrogen and oxygen atoms in total. The summed E-state index contributed by atoms with van der Waals surface area (Å²) < 4.78 is 54.8. The fraction of sp³-hybridized carbons (Fsp3) is 0.405. The summed E-state index contributed by atoms with van der Waals surface area (Å²) in [5, 5.41) is 2.47. The molecule has 0 aliphatic carbocycles. The fourth-order valence-corrected chi connectivity index (χ4v) is 7.09. The number of hydrogen-bond donors (Lipinski definition) is 0. The summed E-state index contributed by atoms with van der Waals surface area (Å²) in [6, 6.07) is 12.5. The molecular weight excluding hydrogens is 664 g/mol. The lowest BCUT2D eigenvalue weighted by Gasteiger charge is -2.32. The minimum absolute atomic E-state index is 0.00876. The topological polar surface area (TPSA) is 115 Å². The van der Waals surface area contributed by atoms with Gasteiger partial charge in [-0.15, -0.1) is 0 Å². The third-order valence-electron chi connectivity index (χ3n) is 10.3. The summed E-state index contributed by atoms with van der Waals surface area (Å²) in [7, 11) is 0. The largest absolute Gasteiger partial charge is 0.489 e. The van der Waals surface area contributed by atoms with Gasteiger partial charge in [-0.1, -0.05) is 11.1 Å². The number of hydrogen-bond acceptors (Lipinski definition) is 10. The maximum atomic E-state index is 11.8. The van der Waals surface area contributed by atoms with Gasteiger partial charge in [0.25, 0.3) is 0 Å². The van der Waals surface area contributed by atoms with Gasteiger partial charge >= 0.3 is 11.6 Å². The standard InChI is InChI=1S/C42H44O10/c1-25(7-10-36-40(3,4)50-36)13-17-46-35-24-42(49-34-22-31-27(15-19-44-31)21-30(34)35)51-37(41(5,6)52-42)11-8-26(2)14-18-47-39-28-9-12-38(43)48-33(28)23-32-29(39)16-20-45-32/h9,12-16,19-24,36-37H,7-8,10-11,17-18H2,1-6H3/b25-13+,26-14+/t36?,37-,42-/m1/s1. The van der Waals surface area contributed by atoms with Crippen LogP contribution in [0.5, 0.6) is 11.5 Å². The van der Waals surface area contributed by atoms with Gasteiger partial charge in [-0.25, -0.2) is 4.79 Å². The second-order valence-corrected chi connectivity index (χ2v) is 15.0. The van der Waals surface area contributed by atoms with Crippen molar-refractivity contribution in [3.8, 4) is 11.5 Å². The fourth-order valence-electron chi connectivity index (χ4n) is 7.09. The third-order valence-corrected chi connectivity index (χ3v) is 10.3. The van der Waals surface area contributed by atoms with E-state index in [1.165, 1.54) is 11.6 Å². The van der Waals surface area contributed by atoms with Gasteiger partial charge in [-0.05, 0) is 104 Å². The molecule has 272 valence electrons. The van der Waals surface area contributed by atoms with E-state index < -0.39 is 17.2 Å². The van der Waals surface area contributed by atoms with Crippen molar-refractivity contribution in [2.75, 3.05) is 13.2 Å². The zero-order valence-corrected chi connectivity index (χ0v) is 30.4. The number of ether oxygens (including phenoxy) is 6. The summed E-state index contributed by atoms with van der Waals surface area (Å²) >= 11 is 0. The van der Waals surface area contributed by atoms with Crippen molar-refractivity contribution in [3.63, 3.8) is 0 Å². The Balaban J connectivity index is 0.954. The molecule has 6 heterocycles. The lowest BCUT2D eigenvalue weighted by atomic mass is 9.96. The van der Waals surface area contributed by atoms with Crippen LogP contribution in [0, 0.1) is 0 Å². The molecule has 3 atom stereocenters. The van der Waals surface area contributed by atoms with E-state index in [1.807, 2.05) is 50.3 Å². The monoisotopic (exact) mass is 708 g/mol. The molecule has 0 saturated carbocycles. The molecule has 0 amide bonds. The normalized spacial score (nSPS) is 23.6. The maximum Gasteiger partial charge on any atom is 0.354 e. The zero-order valence-electron chi connectivity index (χ0n) is 30.4. The molecule has 8 rings (SSSR count). The Morgan fingerprint density at radius 2 is 1.44 bits per heavy atom. The van der Waals surface area contributed by atoms with Gasteiger partial charge in [0.2, 0.25) is 0 Å². The van der Waals surface area contributed by atoms with Crippen molar-refractivity contribution in [2.45, 2.75) is 96.6 Å². The predicted octanol–water partition coefficient (Wildman–Crippen LogP) is 9.59. The second-order valence-electron chi connectivity index (χ2n) is 15.0. The summed E-state index contributed by atoms with van der Waals surface area (Å²) in [4.78, 5) is 11.8. The van der Waals surface area contributed by atoms with Gasteiger partial charge in [-0.2, -0.15) is 0 Å². The molecule has 0 N–H and O–H groups in total. The van der Waals surface area contributed by atoms with Gasteiger partial charge in [-0.3, -0.25) is 0 Å². The van der Waals surface area contributed by atoms with Crippen LogP contribution in [-0.4, -0.2) is 42.6 Å². The van der Waals surface area contributed by atoms with Gasteiger partial charge in [0.15, 0.2) is 0 Å². The van der Waals surface area contributed by atoms with E-state index in [1.54, 1.807) is 24.7 Å². The number of benzene rings is 2. The SMILES string of the molecule is C/C(=C\COC1=C[C@@]2(Oc3cc4occc4cc31)O[C@H](CC/C(C)=C/COc1c3ccoc3cc3oc(=O)ccc13)C(C)(C)O2)CCC1OC1(C)C. The third kappa shape index (κ3) is 6.78. The second kappa shape index (κ2) is 13.0. The molecule has 3 aromatic heterocycles. The van der Waals surface area contributed by atoms with E-state index in [9.17, 15) is 4.79 Å². The Bertz CT molecular complexity index is 2300. The Labute approximate surface area is 301 Å². The van der Waals surface area contributed by atoms with E-state index in [2.05, 4.69) is 33.8 Å². The Kier molecular flexibility index (Phi) is 8.59. The minimum atomic E-state index is -1.47. The Hall–Kier alpha value is -4.77. The molecule has 5 aromatic rings. The van der Waals surface area contributed by atoms with Crippen LogP contribution in [-0.2, 0) is 18.9 Å². The molecule has 10 heteroatoms. The highest BCUT2D eigenvalue weighted by molar-refractivity contribution is 6.01. The molecule has 1 unspecified atom stereocenters. The van der Waals surface area contributed by atoms with Crippen LogP contribution in [0.4, 0.5) is 0 Å². The lowest BCUT2D eigenvalue weighted by molar-refractivity contribution is -0.271. The van der Waals surface area contributed by atoms with Gasteiger partial charge in [0.05, 0.1) is 58.3 Å². The minimum Gasteiger partial charge on any atom is -0.489 e. The van der Waals surface area contributed by atoms with E-state index in [0.29, 0.717) is 65.1 Å². The smallest absolute Gasteiger partial charge is 0.354 e. The average molecular weight is 709 g/mol. The summed E-state index contributed by atoms with van der Waals surface area (Å²) in [5.74, 6) is 0.338. The Morgan fingerprint density at radius 3 is 2.19 bits per heavy atom. The first kappa shape index (κ1) is 34.3. The highest BCUT2D eigenvalue weighted by Crippen LogP contribution is 2.48. The van der Waals surface area contributed by atoms with Crippen LogP contribution in [0.3, 0.4) is 0 Å². The van der Waals surface area contributed by atoms with Crippen molar-refractivity contribution >= 4 is 38.7 Å². The van der Waals surface area contributed by atoms with Crippen LogP contribution >= 0.6 is 0 Å². The van der Waals surface area contributed by atoms with Crippen molar-refractivity contribution in [2.24, 2.45) is 0 Å². The van der Waals surface area contributed by atoms with Gasteiger partial charge in [0, 0.05) is 23.6 Å². The van der Waals surface area contributed by atoms with E-state index in [-0.39, 0.29) is 11.7 Å². The number of furan rings is 2. The average Bonchev–Trinajstić information content (AvgIpc) is 3.48. The van der Waals surface area contributed by atoms with Crippen LogP contribution in [0.15, 0.2) is 102 Å². The van der Waals surface area contributed by atoms with Crippen molar-refractivity contribution in [1.29, 1.82) is 0 Å². The first-order valence-electron chi connectivity index (χ1n) is 17.9.